The Morgan fingerprint density at radius 1 is 1.45 bits per heavy atom. The Bertz CT molecular complexity index is 799. The van der Waals surface area contributed by atoms with Gasteiger partial charge in [0, 0.05) is 10.7 Å². The minimum absolute atomic E-state index is 0.104. The summed E-state index contributed by atoms with van der Waals surface area (Å²) >= 11 is 5.07. The Kier molecular flexibility index (Phi) is 4.44. The van der Waals surface area contributed by atoms with Gasteiger partial charge in [0.2, 0.25) is 0 Å². The van der Waals surface area contributed by atoms with Gasteiger partial charge < -0.3 is 10.1 Å². The zero-order chi connectivity index (χ0) is 15.5. The van der Waals surface area contributed by atoms with Gasteiger partial charge in [0.25, 0.3) is 0 Å². The van der Waals surface area contributed by atoms with Crippen LogP contribution in [0.15, 0.2) is 40.3 Å². The number of nitrogens with zero attached hydrogens (tertiary/aromatic N) is 2. The number of ether oxygens (including phenoxy) is 1. The van der Waals surface area contributed by atoms with Crippen LogP contribution in [0.25, 0.3) is 16.2 Å². The number of carbonyl (C=O) groups is 1. The van der Waals surface area contributed by atoms with Crippen molar-refractivity contribution in [1.82, 2.24) is 9.38 Å². The first-order chi connectivity index (χ1) is 10.7. The topological polar surface area (TPSA) is 55.6 Å². The largest absolute Gasteiger partial charge is 0.465 e. The van der Waals surface area contributed by atoms with E-state index in [4.69, 9.17) is 4.74 Å². The first-order valence-electron chi connectivity index (χ1n) is 6.80. The molecule has 0 saturated carbocycles. The molecule has 0 spiro atoms. The number of hydrogen-bond donors (Lipinski definition) is 1. The Balaban J connectivity index is 2.02. The number of nitrogens with one attached hydrogen (secondary N) is 1. The summed E-state index contributed by atoms with van der Waals surface area (Å²) in [6.07, 6.45) is 1.92. The molecule has 0 aromatic carbocycles. The van der Waals surface area contributed by atoms with Crippen molar-refractivity contribution in [2.45, 2.75) is 6.92 Å². The van der Waals surface area contributed by atoms with Crippen LogP contribution in [0.5, 0.6) is 0 Å². The lowest BCUT2D eigenvalue weighted by Crippen LogP contribution is -2.17. The van der Waals surface area contributed by atoms with Crippen LogP contribution in [0.2, 0.25) is 0 Å². The zero-order valence-electron chi connectivity index (χ0n) is 11.9. The number of anilines is 1. The van der Waals surface area contributed by atoms with Gasteiger partial charge in [-0.1, -0.05) is 6.07 Å². The van der Waals surface area contributed by atoms with E-state index in [0.717, 1.165) is 26.5 Å². The number of fused-ring (bicyclic) bond motifs is 1. The SMILES string of the molecule is CCOC(=O)CNc1c(-c2cccs2)nc2ccc(Br)cn12. The van der Waals surface area contributed by atoms with Crippen LogP contribution in [0.4, 0.5) is 5.82 Å². The van der Waals surface area contributed by atoms with Gasteiger partial charge in [-0.3, -0.25) is 9.20 Å². The van der Waals surface area contributed by atoms with Crippen molar-refractivity contribution in [1.29, 1.82) is 0 Å². The van der Waals surface area contributed by atoms with E-state index >= 15 is 0 Å². The maximum atomic E-state index is 11.6. The summed E-state index contributed by atoms with van der Waals surface area (Å²) in [7, 11) is 0. The van der Waals surface area contributed by atoms with Crippen LogP contribution in [0, 0.1) is 0 Å². The van der Waals surface area contributed by atoms with E-state index in [1.807, 2.05) is 40.2 Å². The molecule has 22 heavy (non-hydrogen) atoms. The van der Waals surface area contributed by atoms with Crippen molar-refractivity contribution in [3.8, 4) is 10.6 Å². The number of aromatic nitrogens is 2. The number of carbonyl (C=O) groups excluding carboxylic acids is 1. The number of rotatable bonds is 5. The van der Waals surface area contributed by atoms with Gasteiger partial charge in [0.1, 0.15) is 23.7 Å². The fraction of sp³-hybridized carbons (Fsp3) is 0.200. The van der Waals surface area contributed by atoms with Crippen LogP contribution < -0.4 is 5.32 Å². The number of imidazole rings is 1. The molecule has 0 unspecified atom stereocenters. The summed E-state index contributed by atoms with van der Waals surface area (Å²) in [5.74, 6) is 0.497. The number of pyridine rings is 1. The normalized spacial score (nSPS) is 10.8. The van der Waals surface area contributed by atoms with Gasteiger partial charge >= 0.3 is 5.97 Å². The molecule has 0 aliphatic rings. The molecule has 0 amide bonds. The minimum atomic E-state index is -0.287. The van der Waals surface area contributed by atoms with Crippen LogP contribution in [0.3, 0.4) is 0 Å². The van der Waals surface area contributed by atoms with E-state index in [-0.39, 0.29) is 12.5 Å². The second-order valence-electron chi connectivity index (χ2n) is 4.52. The third-order valence-electron chi connectivity index (χ3n) is 3.04. The molecule has 0 fully saturated rings. The summed E-state index contributed by atoms with van der Waals surface area (Å²) in [5, 5.41) is 5.15. The van der Waals surface area contributed by atoms with E-state index in [1.54, 1.807) is 18.3 Å². The molecule has 0 atom stereocenters. The van der Waals surface area contributed by atoms with E-state index in [2.05, 4.69) is 26.2 Å². The molecule has 0 aliphatic heterocycles. The lowest BCUT2D eigenvalue weighted by molar-refractivity contribution is -0.140. The van der Waals surface area contributed by atoms with E-state index in [0.29, 0.717) is 6.61 Å². The highest BCUT2D eigenvalue weighted by atomic mass is 79.9. The molecular formula is C15H14BrN3O2S. The van der Waals surface area contributed by atoms with Crippen LogP contribution >= 0.6 is 27.3 Å². The molecule has 3 aromatic rings. The molecule has 114 valence electrons. The van der Waals surface area contributed by atoms with Gasteiger partial charge in [-0.2, -0.15) is 0 Å². The molecule has 0 radical (unpaired) electrons. The Morgan fingerprint density at radius 3 is 3.05 bits per heavy atom. The second kappa shape index (κ2) is 6.50. The Hall–Kier alpha value is -1.86. The molecule has 0 bridgehead atoms. The minimum Gasteiger partial charge on any atom is -0.465 e. The van der Waals surface area contributed by atoms with Gasteiger partial charge in [-0.25, -0.2) is 4.98 Å². The van der Waals surface area contributed by atoms with Crippen LogP contribution in [-0.4, -0.2) is 28.5 Å². The van der Waals surface area contributed by atoms with E-state index in [9.17, 15) is 4.79 Å². The molecular weight excluding hydrogens is 366 g/mol. The van der Waals surface area contributed by atoms with Gasteiger partial charge in [-0.05, 0) is 46.4 Å². The van der Waals surface area contributed by atoms with Crippen molar-refractivity contribution in [2.75, 3.05) is 18.5 Å². The number of thiophene rings is 1. The average molecular weight is 380 g/mol. The van der Waals surface area contributed by atoms with Gasteiger partial charge in [0.15, 0.2) is 0 Å². The lowest BCUT2D eigenvalue weighted by Gasteiger charge is -2.08. The fourth-order valence-electron chi connectivity index (χ4n) is 2.14. The molecule has 7 heteroatoms. The maximum Gasteiger partial charge on any atom is 0.325 e. The van der Waals surface area contributed by atoms with Crippen molar-refractivity contribution < 1.29 is 9.53 Å². The van der Waals surface area contributed by atoms with Crippen molar-refractivity contribution in [3.05, 3.63) is 40.3 Å². The van der Waals surface area contributed by atoms with Crippen LogP contribution in [0.1, 0.15) is 6.92 Å². The predicted molar refractivity (Wildman–Crippen MR) is 91.3 cm³/mol. The predicted octanol–water partition coefficient (Wildman–Crippen LogP) is 3.80. The molecule has 0 aliphatic carbocycles. The van der Waals surface area contributed by atoms with Crippen molar-refractivity contribution >= 4 is 44.7 Å². The smallest absolute Gasteiger partial charge is 0.325 e. The molecule has 3 heterocycles. The van der Waals surface area contributed by atoms with E-state index < -0.39 is 0 Å². The fourth-order valence-corrected chi connectivity index (χ4v) is 3.19. The standard InChI is InChI=1S/C15H14BrN3O2S/c1-2-21-13(20)8-17-15-14(11-4-3-7-22-11)18-12-6-5-10(16)9-19(12)15/h3-7,9,17H,2,8H2,1H3. The Morgan fingerprint density at radius 2 is 2.32 bits per heavy atom. The van der Waals surface area contributed by atoms with Gasteiger partial charge in [-0.15, -0.1) is 11.3 Å². The summed E-state index contributed by atoms with van der Waals surface area (Å²) < 4.78 is 7.84. The van der Waals surface area contributed by atoms with Gasteiger partial charge in [0.05, 0.1) is 11.5 Å². The first-order valence-corrected chi connectivity index (χ1v) is 8.47. The third-order valence-corrected chi connectivity index (χ3v) is 4.39. The summed E-state index contributed by atoms with van der Waals surface area (Å²) in [5.41, 5.74) is 1.65. The maximum absolute atomic E-state index is 11.6. The summed E-state index contributed by atoms with van der Waals surface area (Å²) in [4.78, 5) is 17.3. The monoisotopic (exact) mass is 379 g/mol. The molecule has 3 rings (SSSR count). The molecule has 5 nitrogen and oxygen atoms in total. The number of hydrogen-bond acceptors (Lipinski definition) is 5. The quantitative estimate of drug-likeness (QED) is 0.685. The van der Waals surface area contributed by atoms with Crippen molar-refractivity contribution in [2.24, 2.45) is 0 Å². The highest BCUT2D eigenvalue weighted by Crippen LogP contribution is 2.32. The Labute approximate surface area is 140 Å². The lowest BCUT2D eigenvalue weighted by atomic mass is 10.3. The first kappa shape index (κ1) is 15.1. The van der Waals surface area contributed by atoms with E-state index in [1.165, 1.54) is 0 Å². The summed E-state index contributed by atoms with van der Waals surface area (Å²) in [6, 6.07) is 7.86. The highest BCUT2D eigenvalue weighted by Gasteiger charge is 2.16. The highest BCUT2D eigenvalue weighted by molar-refractivity contribution is 9.10. The average Bonchev–Trinajstić information content (AvgIpc) is 3.12. The van der Waals surface area contributed by atoms with Crippen molar-refractivity contribution in [3.63, 3.8) is 0 Å². The zero-order valence-corrected chi connectivity index (χ0v) is 14.3. The number of halogens is 1. The molecule has 1 N–H and O–H groups in total. The summed E-state index contributed by atoms with van der Waals surface area (Å²) in [6.45, 7) is 2.27. The second-order valence-corrected chi connectivity index (χ2v) is 6.38. The molecule has 0 saturated heterocycles. The van der Waals surface area contributed by atoms with Crippen LogP contribution in [-0.2, 0) is 9.53 Å². The number of esters is 1. The molecule has 3 aromatic heterocycles. The third kappa shape index (κ3) is 3.00.